The van der Waals surface area contributed by atoms with E-state index in [2.05, 4.69) is 4.98 Å². The van der Waals surface area contributed by atoms with Crippen LogP contribution in [0.3, 0.4) is 0 Å². The Morgan fingerprint density at radius 3 is 2.42 bits per heavy atom. The van der Waals surface area contributed by atoms with Crippen LogP contribution in [0.1, 0.15) is 55.5 Å². The third-order valence-electron chi connectivity index (χ3n) is 3.86. The Morgan fingerprint density at radius 2 is 1.92 bits per heavy atom. The topological polar surface area (TPSA) is 82.7 Å². The van der Waals surface area contributed by atoms with Crippen molar-refractivity contribution in [3.05, 3.63) is 23.5 Å². The van der Waals surface area contributed by atoms with E-state index in [-0.39, 0.29) is 23.8 Å². The van der Waals surface area contributed by atoms with E-state index < -0.39 is 5.60 Å². The summed E-state index contributed by atoms with van der Waals surface area (Å²) >= 11 is 0. The fraction of sp³-hybridized carbons (Fsp3) is 0.588. The Balaban J connectivity index is 2.01. The first-order valence-electron chi connectivity index (χ1n) is 8.07. The molecule has 2 amide bonds. The number of carbonyl (C=O) groups excluding carboxylic acids is 3. The van der Waals surface area contributed by atoms with E-state index in [9.17, 15) is 14.4 Å². The van der Waals surface area contributed by atoms with E-state index >= 15 is 0 Å². The van der Waals surface area contributed by atoms with Gasteiger partial charge in [0.25, 0.3) is 5.91 Å². The number of ketones is 1. The van der Waals surface area contributed by atoms with E-state index in [1.807, 2.05) is 27.7 Å². The lowest BCUT2D eigenvalue weighted by Crippen LogP contribution is -2.56. The predicted octanol–water partition coefficient (Wildman–Crippen LogP) is 2.30. The molecular formula is C17H25N3O4. The monoisotopic (exact) mass is 335 g/mol. The molecule has 7 nitrogen and oxygen atoms in total. The Bertz CT molecular complexity index is 645. The summed E-state index contributed by atoms with van der Waals surface area (Å²) in [6.45, 7) is 10.1. The van der Waals surface area contributed by atoms with Gasteiger partial charge in [0.05, 0.1) is 0 Å². The third-order valence-corrected chi connectivity index (χ3v) is 3.86. The van der Waals surface area contributed by atoms with Crippen LogP contribution in [0, 0.1) is 0 Å². The first kappa shape index (κ1) is 18.0. The number of amides is 2. The quantitative estimate of drug-likeness (QED) is 0.841. The molecule has 132 valence electrons. The minimum atomic E-state index is -0.541. The molecule has 0 unspecified atom stereocenters. The summed E-state index contributed by atoms with van der Waals surface area (Å²) in [5.41, 5.74) is 0.330. The molecule has 1 fully saturated rings. The first-order chi connectivity index (χ1) is 11.1. The SMILES string of the molecule is CC(=O)c1c[nH]c(C(=O)N2CCN(C(=O)OC(C)(C)C)C[C@H]2C)c1. The van der Waals surface area contributed by atoms with Crippen molar-refractivity contribution in [2.24, 2.45) is 0 Å². The van der Waals surface area contributed by atoms with Crippen LogP contribution in [0.15, 0.2) is 12.3 Å². The Morgan fingerprint density at radius 1 is 1.25 bits per heavy atom. The van der Waals surface area contributed by atoms with Gasteiger partial charge in [0.1, 0.15) is 11.3 Å². The van der Waals surface area contributed by atoms with Crippen LogP contribution in [0.25, 0.3) is 0 Å². The number of piperazine rings is 1. The summed E-state index contributed by atoms with van der Waals surface area (Å²) in [5.74, 6) is -0.257. The third kappa shape index (κ3) is 4.15. The number of aromatic amines is 1. The second-order valence-electron chi connectivity index (χ2n) is 7.13. The van der Waals surface area contributed by atoms with Crippen molar-refractivity contribution >= 4 is 17.8 Å². The van der Waals surface area contributed by atoms with Crippen molar-refractivity contribution in [3.63, 3.8) is 0 Å². The Labute approximate surface area is 141 Å². The summed E-state index contributed by atoms with van der Waals surface area (Å²) in [4.78, 5) is 42.3. The van der Waals surface area contributed by atoms with E-state index in [0.29, 0.717) is 30.9 Å². The summed E-state index contributed by atoms with van der Waals surface area (Å²) in [7, 11) is 0. The predicted molar refractivity (Wildman–Crippen MR) is 89.1 cm³/mol. The molecule has 24 heavy (non-hydrogen) atoms. The fourth-order valence-corrected chi connectivity index (χ4v) is 2.63. The fourth-order valence-electron chi connectivity index (χ4n) is 2.63. The van der Waals surface area contributed by atoms with Crippen LogP contribution in [0.4, 0.5) is 4.79 Å². The average molecular weight is 335 g/mol. The van der Waals surface area contributed by atoms with Crippen LogP contribution in [0.5, 0.6) is 0 Å². The number of aromatic nitrogens is 1. The van der Waals surface area contributed by atoms with Crippen molar-refractivity contribution < 1.29 is 19.1 Å². The smallest absolute Gasteiger partial charge is 0.410 e. The van der Waals surface area contributed by atoms with Crippen LogP contribution in [0.2, 0.25) is 0 Å². The van der Waals surface area contributed by atoms with Gasteiger partial charge in [-0.1, -0.05) is 0 Å². The molecular weight excluding hydrogens is 310 g/mol. The number of nitrogens with one attached hydrogen (secondary N) is 1. The molecule has 1 atom stereocenters. The van der Waals surface area contributed by atoms with Crippen LogP contribution in [-0.4, -0.2) is 63.8 Å². The molecule has 0 saturated carbocycles. The van der Waals surface area contributed by atoms with Gasteiger partial charge in [-0.15, -0.1) is 0 Å². The standard InChI is InChI=1S/C17H25N3O4/c1-11-10-19(16(23)24-17(3,4)5)6-7-20(11)15(22)14-8-13(9-18-14)12(2)21/h8-9,11,18H,6-7,10H2,1-5H3/t11-/m1/s1. The zero-order valence-corrected chi connectivity index (χ0v) is 14.9. The van der Waals surface area contributed by atoms with Crippen molar-refractivity contribution in [2.75, 3.05) is 19.6 Å². The molecule has 7 heteroatoms. The van der Waals surface area contributed by atoms with Gasteiger partial charge in [0.2, 0.25) is 0 Å². The molecule has 0 radical (unpaired) electrons. The molecule has 1 saturated heterocycles. The van der Waals surface area contributed by atoms with E-state index in [0.717, 1.165) is 0 Å². The molecule has 1 aromatic rings. The van der Waals surface area contributed by atoms with Crippen molar-refractivity contribution in [3.8, 4) is 0 Å². The van der Waals surface area contributed by atoms with Gasteiger partial charge in [0.15, 0.2) is 5.78 Å². The number of rotatable bonds is 2. The molecule has 0 bridgehead atoms. The molecule has 1 aliphatic heterocycles. The highest BCUT2D eigenvalue weighted by atomic mass is 16.6. The van der Waals surface area contributed by atoms with Crippen LogP contribution < -0.4 is 0 Å². The minimum Gasteiger partial charge on any atom is -0.444 e. The number of ether oxygens (including phenoxy) is 1. The van der Waals surface area contributed by atoms with Crippen LogP contribution in [-0.2, 0) is 4.74 Å². The van der Waals surface area contributed by atoms with E-state index in [1.54, 1.807) is 15.9 Å². The maximum Gasteiger partial charge on any atom is 0.410 e. The normalized spacial score (nSPS) is 18.5. The van der Waals surface area contributed by atoms with Crippen molar-refractivity contribution in [2.45, 2.75) is 46.3 Å². The van der Waals surface area contributed by atoms with Gasteiger partial charge in [-0.05, 0) is 40.7 Å². The van der Waals surface area contributed by atoms with Gasteiger partial charge in [-0.3, -0.25) is 9.59 Å². The van der Waals surface area contributed by atoms with Crippen molar-refractivity contribution in [1.29, 1.82) is 0 Å². The molecule has 0 aromatic carbocycles. The molecule has 2 rings (SSSR count). The highest BCUT2D eigenvalue weighted by Gasteiger charge is 2.32. The lowest BCUT2D eigenvalue weighted by Gasteiger charge is -2.40. The maximum absolute atomic E-state index is 12.6. The number of H-pyrrole nitrogens is 1. The molecule has 1 N–H and O–H groups in total. The zero-order chi connectivity index (χ0) is 18.1. The van der Waals surface area contributed by atoms with Gasteiger partial charge in [-0.2, -0.15) is 0 Å². The second kappa shape index (κ2) is 6.67. The maximum atomic E-state index is 12.6. The average Bonchev–Trinajstić information content (AvgIpc) is 2.94. The minimum absolute atomic E-state index is 0.0897. The Kier molecular flexibility index (Phi) is 5.01. The molecule has 0 aliphatic carbocycles. The van der Waals surface area contributed by atoms with Gasteiger partial charge in [-0.25, -0.2) is 4.79 Å². The van der Waals surface area contributed by atoms with Gasteiger partial charge < -0.3 is 19.5 Å². The molecule has 0 spiro atoms. The summed E-state index contributed by atoms with van der Waals surface area (Å²) in [6.07, 6.45) is 1.18. The second-order valence-corrected chi connectivity index (χ2v) is 7.13. The van der Waals surface area contributed by atoms with E-state index in [4.69, 9.17) is 4.74 Å². The molecule has 1 aliphatic rings. The molecule has 2 heterocycles. The van der Waals surface area contributed by atoms with Crippen LogP contribution >= 0.6 is 0 Å². The lowest BCUT2D eigenvalue weighted by molar-refractivity contribution is 0.00607. The first-order valence-corrected chi connectivity index (χ1v) is 8.07. The number of hydrogen-bond donors (Lipinski definition) is 1. The number of nitrogens with zero attached hydrogens (tertiary/aromatic N) is 2. The molecule has 1 aromatic heterocycles. The summed E-state index contributed by atoms with van der Waals surface area (Å²) < 4.78 is 5.38. The number of carbonyl (C=O) groups is 3. The highest BCUT2D eigenvalue weighted by Crippen LogP contribution is 2.17. The highest BCUT2D eigenvalue weighted by molar-refractivity contribution is 5.99. The summed E-state index contributed by atoms with van der Waals surface area (Å²) in [5, 5.41) is 0. The van der Waals surface area contributed by atoms with Crippen molar-refractivity contribution in [1.82, 2.24) is 14.8 Å². The van der Waals surface area contributed by atoms with E-state index in [1.165, 1.54) is 13.1 Å². The largest absolute Gasteiger partial charge is 0.444 e. The van der Waals surface area contributed by atoms with Gasteiger partial charge >= 0.3 is 6.09 Å². The zero-order valence-electron chi connectivity index (χ0n) is 14.9. The summed E-state index contributed by atoms with van der Waals surface area (Å²) in [6, 6.07) is 1.43. The van der Waals surface area contributed by atoms with Gasteiger partial charge in [0, 0.05) is 37.4 Å². The number of hydrogen-bond acceptors (Lipinski definition) is 4. The lowest BCUT2D eigenvalue weighted by atomic mass is 10.1. The number of Topliss-reactive ketones (excluding diaryl/α,β-unsaturated/α-hetero) is 1. The Hall–Kier alpha value is -2.31.